The Kier molecular flexibility index (Phi) is 2.66. The summed E-state index contributed by atoms with van der Waals surface area (Å²) in [7, 11) is 0. The van der Waals surface area contributed by atoms with Crippen molar-refractivity contribution < 1.29 is 0 Å². The summed E-state index contributed by atoms with van der Waals surface area (Å²) in [4.78, 5) is 28.2. The van der Waals surface area contributed by atoms with Crippen LogP contribution in [0, 0.1) is 0 Å². The van der Waals surface area contributed by atoms with Crippen molar-refractivity contribution in [1.82, 2.24) is 34.9 Å². The smallest absolute Gasteiger partial charge is 0.140 e. The summed E-state index contributed by atoms with van der Waals surface area (Å²) in [5.41, 5.74) is 5.32. The van der Waals surface area contributed by atoms with Gasteiger partial charge in [0.05, 0.1) is 34.5 Å². The lowest BCUT2D eigenvalue weighted by Crippen LogP contribution is -1.87. The SMILES string of the molecule is c1cc2nc(-c3cncc(-c4nc5ccncc5[nH]4)c3)[nH]c2cn1. The number of nitrogens with zero attached hydrogens (tertiary/aromatic N) is 5. The Morgan fingerprint density at radius 2 is 1.17 bits per heavy atom. The molecule has 0 bridgehead atoms. The first-order chi connectivity index (χ1) is 11.9. The van der Waals surface area contributed by atoms with Crippen molar-refractivity contribution >= 4 is 22.1 Å². The van der Waals surface area contributed by atoms with E-state index in [4.69, 9.17) is 0 Å². The van der Waals surface area contributed by atoms with E-state index in [1.54, 1.807) is 37.2 Å². The van der Waals surface area contributed by atoms with Crippen molar-refractivity contribution in [1.29, 1.82) is 0 Å². The number of imidazole rings is 2. The Morgan fingerprint density at radius 3 is 1.67 bits per heavy atom. The van der Waals surface area contributed by atoms with E-state index in [0.717, 1.165) is 44.8 Å². The normalized spacial score (nSPS) is 11.3. The van der Waals surface area contributed by atoms with Gasteiger partial charge in [-0.1, -0.05) is 0 Å². The molecule has 0 saturated carbocycles. The fourth-order valence-corrected chi connectivity index (χ4v) is 2.69. The van der Waals surface area contributed by atoms with Crippen LogP contribution in [-0.2, 0) is 0 Å². The zero-order chi connectivity index (χ0) is 15.9. The second-order valence-electron chi connectivity index (χ2n) is 5.42. The molecule has 0 radical (unpaired) electrons. The number of hydrogen-bond acceptors (Lipinski definition) is 5. The maximum Gasteiger partial charge on any atom is 0.140 e. The Balaban J connectivity index is 1.62. The first-order valence-corrected chi connectivity index (χ1v) is 7.42. The fraction of sp³-hybridized carbons (Fsp3) is 0. The van der Waals surface area contributed by atoms with Crippen LogP contribution in [0.4, 0.5) is 0 Å². The molecule has 114 valence electrons. The Morgan fingerprint density at radius 1 is 0.625 bits per heavy atom. The molecule has 7 heteroatoms. The van der Waals surface area contributed by atoms with Crippen LogP contribution < -0.4 is 0 Å². The molecule has 0 saturated heterocycles. The number of nitrogens with one attached hydrogen (secondary N) is 2. The molecule has 0 unspecified atom stereocenters. The van der Waals surface area contributed by atoms with Gasteiger partial charge >= 0.3 is 0 Å². The molecular formula is C17H11N7. The second-order valence-corrected chi connectivity index (χ2v) is 5.42. The minimum atomic E-state index is 0.755. The lowest BCUT2D eigenvalue weighted by Gasteiger charge is -1.99. The van der Waals surface area contributed by atoms with Gasteiger partial charge < -0.3 is 9.97 Å². The predicted octanol–water partition coefficient (Wildman–Crippen LogP) is 2.96. The summed E-state index contributed by atoms with van der Waals surface area (Å²) >= 11 is 0. The predicted molar refractivity (Wildman–Crippen MR) is 90.0 cm³/mol. The monoisotopic (exact) mass is 313 g/mol. The van der Waals surface area contributed by atoms with Crippen LogP contribution in [-0.4, -0.2) is 34.9 Å². The standard InChI is InChI=1S/C17H11N7/c1-3-18-8-14-12(1)21-16(23-14)10-5-11(7-20-6-10)17-22-13-2-4-19-9-15(13)24-17/h1-9H,(H,21,23)(H,22,24). The molecule has 0 aliphatic rings. The Labute approximate surface area is 135 Å². The first-order valence-electron chi connectivity index (χ1n) is 7.42. The van der Waals surface area contributed by atoms with Crippen molar-refractivity contribution in [2.24, 2.45) is 0 Å². The Hall–Kier alpha value is -3.61. The molecule has 5 rings (SSSR count). The average Bonchev–Trinajstić information content (AvgIpc) is 3.26. The molecule has 0 aliphatic heterocycles. The maximum atomic E-state index is 4.58. The van der Waals surface area contributed by atoms with Crippen LogP contribution in [0.3, 0.4) is 0 Å². The summed E-state index contributed by atoms with van der Waals surface area (Å²) in [6.07, 6.45) is 10.5. The van der Waals surface area contributed by atoms with Gasteiger partial charge in [0.15, 0.2) is 0 Å². The third-order valence-electron chi connectivity index (χ3n) is 3.85. The number of aromatic amines is 2. The molecular weight excluding hydrogens is 302 g/mol. The zero-order valence-corrected chi connectivity index (χ0v) is 12.4. The molecule has 0 spiro atoms. The molecule has 24 heavy (non-hydrogen) atoms. The Bertz CT molecular complexity index is 1020. The van der Waals surface area contributed by atoms with Gasteiger partial charge in [-0.2, -0.15) is 0 Å². The number of pyridine rings is 3. The first kappa shape index (κ1) is 12.9. The second kappa shape index (κ2) is 4.95. The molecule has 0 aliphatic carbocycles. The van der Waals surface area contributed by atoms with Gasteiger partial charge in [0.25, 0.3) is 0 Å². The number of fused-ring (bicyclic) bond motifs is 2. The average molecular weight is 313 g/mol. The van der Waals surface area contributed by atoms with E-state index in [-0.39, 0.29) is 0 Å². The maximum absolute atomic E-state index is 4.58. The van der Waals surface area contributed by atoms with Crippen LogP contribution in [0.25, 0.3) is 44.8 Å². The van der Waals surface area contributed by atoms with Crippen LogP contribution in [0.1, 0.15) is 0 Å². The molecule has 5 aromatic heterocycles. The van der Waals surface area contributed by atoms with Crippen LogP contribution >= 0.6 is 0 Å². The van der Waals surface area contributed by atoms with Crippen molar-refractivity contribution in [3.05, 3.63) is 55.4 Å². The molecule has 5 heterocycles. The van der Waals surface area contributed by atoms with E-state index in [9.17, 15) is 0 Å². The van der Waals surface area contributed by atoms with E-state index >= 15 is 0 Å². The van der Waals surface area contributed by atoms with E-state index < -0.39 is 0 Å². The molecule has 0 amide bonds. The third kappa shape index (κ3) is 2.03. The summed E-state index contributed by atoms with van der Waals surface area (Å²) < 4.78 is 0. The van der Waals surface area contributed by atoms with Gasteiger partial charge in [-0.05, 0) is 18.2 Å². The molecule has 0 atom stereocenters. The lowest BCUT2D eigenvalue weighted by molar-refractivity contribution is 1.25. The van der Waals surface area contributed by atoms with E-state index in [1.165, 1.54) is 0 Å². The molecule has 0 fully saturated rings. The topological polar surface area (TPSA) is 96.0 Å². The molecule has 0 aromatic carbocycles. The quantitative estimate of drug-likeness (QED) is 0.522. The molecule has 5 aromatic rings. The minimum absolute atomic E-state index is 0.755. The van der Waals surface area contributed by atoms with Crippen molar-refractivity contribution in [3.63, 3.8) is 0 Å². The summed E-state index contributed by atoms with van der Waals surface area (Å²) in [5, 5.41) is 0. The van der Waals surface area contributed by atoms with Crippen molar-refractivity contribution in [3.8, 4) is 22.8 Å². The summed E-state index contributed by atoms with van der Waals surface area (Å²) in [6.45, 7) is 0. The highest BCUT2D eigenvalue weighted by Gasteiger charge is 2.10. The highest BCUT2D eigenvalue weighted by atomic mass is 14.9. The number of rotatable bonds is 2. The van der Waals surface area contributed by atoms with Gasteiger partial charge in [0, 0.05) is 35.9 Å². The highest BCUT2D eigenvalue weighted by Crippen LogP contribution is 2.25. The number of hydrogen-bond donors (Lipinski definition) is 2. The van der Waals surface area contributed by atoms with Crippen molar-refractivity contribution in [2.75, 3.05) is 0 Å². The van der Waals surface area contributed by atoms with Gasteiger partial charge in [0.2, 0.25) is 0 Å². The number of H-pyrrole nitrogens is 2. The fourth-order valence-electron chi connectivity index (χ4n) is 2.69. The van der Waals surface area contributed by atoms with E-state index in [0.29, 0.717) is 0 Å². The van der Waals surface area contributed by atoms with Gasteiger partial charge in [-0.25, -0.2) is 9.97 Å². The van der Waals surface area contributed by atoms with Crippen LogP contribution in [0.2, 0.25) is 0 Å². The molecule has 7 nitrogen and oxygen atoms in total. The zero-order valence-electron chi connectivity index (χ0n) is 12.4. The van der Waals surface area contributed by atoms with Crippen LogP contribution in [0.5, 0.6) is 0 Å². The lowest BCUT2D eigenvalue weighted by atomic mass is 10.2. The minimum Gasteiger partial charge on any atom is -0.337 e. The summed E-state index contributed by atoms with van der Waals surface area (Å²) in [5.74, 6) is 1.51. The largest absolute Gasteiger partial charge is 0.337 e. The van der Waals surface area contributed by atoms with E-state index in [1.807, 2.05) is 18.2 Å². The van der Waals surface area contributed by atoms with E-state index in [2.05, 4.69) is 34.9 Å². The van der Waals surface area contributed by atoms with Crippen molar-refractivity contribution in [2.45, 2.75) is 0 Å². The third-order valence-corrected chi connectivity index (χ3v) is 3.85. The summed E-state index contributed by atoms with van der Waals surface area (Å²) in [6, 6.07) is 5.75. The van der Waals surface area contributed by atoms with Gasteiger partial charge in [0.1, 0.15) is 11.6 Å². The van der Waals surface area contributed by atoms with Crippen LogP contribution in [0.15, 0.2) is 55.4 Å². The molecule has 2 N–H and O–H groups in total. The van der Waals surface area contributed by atoms with Gasteiger partial charge in [-0.3, -0.25) is 15.0 Å². The van der Waals surface area contributed by atoms with Gasteiger partial charge in [-0.15, -0.1) is 0 Å². The highest BCUT2D eigenvalue weighted by molar-refractivity contribution is 5.81. The number of aromatic nitrogens is 7.